The maximum absolute atomic E-state index is 12.0. The Morgan fingerprint density at radius 2 is 1.89 bits per heavy atom. The first kappa shape index (κ1) is 22.0. The van der Waals surface area contributed by atoms with Crippen molar-refractivity contribution in [2.24, 2.45) is 10.9 Å². The lowest BCUT2D eigenvalue weighted by Crippen LogP contribution is -2.43. The molecule has 0 atom stereocenters. The first-order valence-corrected chi connectivity index (χ1v) is 9.90. The largest absolute Gasteiger partial charge is 0.497 e. The summed E-state index contributed by atoms with van der Waals surface area (Å²) in [5.74, 6) is 2.22. The summed E-state index contributed by atoms with van der Waals surface area (Å²) >= 11 is 0. The number of carbonyl (C=O) groups is 1. The van der Waals surface area contributed by atoms with Crippen LogP contribution in [0.2, 0.25) is 0 Å². The molecule has 1 N–H and O–H groups in total. The van der Waals surface area contributed by atoms with E-state index in [1.165, 1.54) is 5.56 Å². The molecule has 1 heterocycles. The van der Waals surface area contributed by atoms with E-state index >= 15 is 0 Å². The molecule has 1 aromatic rings. The number of benzene rings is 1. The number of guanidine groups is 1. The number of hydrogen-bond acceptors (Lipinski definition) is 4. The first-order chi connectivity index (χ1) is 13.5. The molecule has 28 heavy (non-hydrogen) atoms. The highest BCUT2D eigenvalue weighted by Gasteiger charge is 2.18. The molecule has 156 valence electrons. The van der Waals surface area contributed by atoms with Gasteiger partial charge in [-0.3, -0.25) is 4.79 Å². The van der Waals surface area contributed by atoms with Crippen LogP contribution in [0.3, 0.4) is 0 Å². The molecule has 0 bridgehead atoms. The second kappa shape index (κ2) is 11.5. The minimum atomic E-state index is -0.00563. The molecular weight excluding hydrogens is 356 g/mol. The van der Waals surface area contributed by atoms with Gasteiger partial charge in [0, 0.05) is 47.4 Å². The highest BCUT2D eigenvalue weighted by Crippen LogP contribution is 2.15. The number of aliphatic imine (C=N–C) groups is 1. The minimum absolute atomic E-state index is 0.00563. The molecule has 1 saturated heterocycles. The van der Waals surface area contributed by atoms with Gasteiger partial charge in [0.15, 0.2) is 5.96 Å². The van der Waals surface area contributed by atoms with E-state index in [0.29, 0.717) is 5.92 Å². The number of nitrogens with one attached hydrogen (secondary N) is 1. The number of ether oxygens (including phenoxy) is 2. The molecule has 0 aromatic heterocycles. The fourth-order valence-corrected chi connectivity index (χ4v) is 3.11. The average Bonchev–Trinajstić information content (AvgIpc) is 2.71. The Morgan fingerprint density at radius 3 is 2.50 bits per heavy atom. The number of rotatable bonds is 8. The lowest BCUT2D eigenvalue weighted by atomic mass is 10.00. The maximum atomic E-state index is 12.0. The summed E-state index contributed by atoms with van der Waals surface area (Å²) in [6.45, 7) is 3.47. The van der Waals surface area contributed by atoms with Gasteiger partial charge in [0.2, 0.25) is 5.91 Å². The van der Waals surface area contributed by atoms with Crippen molar-refractivity contribution in [2.75, 3.05) is 61.1 Å². The molecule has 7 heteroatoms. The van der Waals surface area contributed by atoms with E-state index in [0.717, 1.165) is 57.3 Å². The van der Waals surface area contributed by atoms with Gasteiger partial charge in [0.25, 0.3) is 0 Å². The number of amides is 1. The molecule has 1 fully saturated rings. The van der Waals surface area contributed by atoms with E-state index in [4.69, 9.17) is 9.47 Å². The zero-order valence-electron chi connectivity index (χ0n) is 17.6. The van der Waals surface area contributed by atoms with E-state index in [1.807, 2.05) is 19.2 Å². The summed E-state index contributed by atoms with van der Waals surface area (Å²) in [6, 6.07) is 8.08. The number of hydrogen-bond donors (Lipinski definition) is 1. The van der Waals surface area contributed by atoms with Gasteiger partial charge in [0.1, 0.15) is 12.3 Å². The van der Waals surface area contributed by atoms with Crippen molar-refractivity contribution >= 4 is 11.9 Å². The lowest BCUT2D eigenvalue weighted by Gasteiger charge is -2.29. The zero-order chi connectivity index (χ0) is 20.4. The number of likely N-dealkylation sites (N-methyl/N-ethyl adjacent to an activating group) is 1. The van der Waals surface area contributed by atoms with Crippen LogP contribution in [0.25, 0.3) is 0 Å². The van der Waals surface area contributed by atoms with Crippen molar-refractivity contribution in [3.63, 3.8) is 0 Å². The Hall–Kier alpha value is -2.28. The fourth-order valence-electron chi connectivity index (χ4n) is 3.11. The minimum Gasteiger partial charge on any atom is -0.497 e. The number of carbonyl (C=O) groups excluding carboxylic acids is 1. The van der Waals surface area contributed by atoms with Gasteiger partial charge in [-0.05, 0) is 42.9 Å². The molecule has 1 amide bonds. The van der Waals surface area contributed by atoms with Crippen LogP contribution in [0.4, 0.5) is 0 Å². The second-order valence-electron chi connectivity index (χ2n) is 7.39. The van der Waals surface area contributed by atoms with Gasteiger partial charge in [-0.25, -0.2) is 4.99 Å². The van der Waals surface area contributed by atoms with E-state index < -0.39 is 0 Å². The lowest BCUT2D eigenvalue weighted by molar-refractivity contribution is -0.127. The van der Waals surface area contributed by atoms with Crippen LogP contribution in [-0.4, -0.2) is 82.8 Å². The second-order valence-corrected chi connectivity index (χ2v) is 7.39. The molecule has 0 saturated carbocycles. The monoisotopic (exact) mass is 390 g/mol. The van der Waals surface area contributed by atoms with Crippen molar-refractivity contribution in [2.45, 2.75) is 19.3 Å². The van der Waals surface area contributed by atoms with Crippen molar-refractivity contribution in [1.82, 2.24) is 15.1 Å². The summed E-state index contributed by atoms with van der Waals surface area (Å²) in [7, 11) is 7.21. The van der Waals surface area contributed by atoms with E-state index in [-0.39, 0.29) is 12.5 Å². The third-order valence-electron chi connectivity index (χ3n) is 4.95. The smallest absolute Gasteiger partial charge is 0.243 e. The van der Waals surface area contributed by atoms with Gasteiger partial charge >= 0.3 is 0 Å². The van der Waals surface area contributed by atoms with Crippen LogP contribution in [0.1, 0.15) is 18.4 Å². The van der Waals surface area contributed by atoms with Crippen molar-refractivity contribution < 1.29 is 14.3 Å². The van der Waals surface area contributed by atoms with Crippen LogP contribution < -0.4 is 10.1 Å². The van der Waals surface area contributed by atoms with E-state index in [1.54, 1.807) is 26.1 Å². The fraction of sp³-hybridized carbons (Fsp3) is 0.619. The van der Waals surface area contributed by atoms with E-state index in [2.05, 4.69) is 27.3 Å². The Morgan fingerprint density at radius 1 is 1.21 bits per heavy atom. The van der Waals surface area contributed by atoms with Gasteiger partial charge in [-0.1, -0.05) is 12.1 Å². The Labute approximate surface area is 168 Å². The summed E-state index contributed by atoms with van der Waals surface area (Å²) in [5.41, 5.74) is 1.23. The first-order valence-electron chi connectivity index (χ1n) is 9.90. The molecule has 0 unspecified atom stereocenters. The zero-order valence-corrected chi connectivity index (χ0v) is 17.6. The van der Waals surface area contributed by atoms with Crippen LogP contribution >= 0.6 is 0 Å². The molecular formula is C21H34N4O3. The van der Waals surface area contributed by atoms with Crippen LogP contribution in [0.15, 0.2) is 29.3 Å². The predicted molar refractivity (Wildman–Crippen MR) is 112 cm³/mol. The molecule has 7 nitrogen and oxygen atoms in total. The van der Waals surface area contributed by atoms with Crippen molar-refractivity contribution in [3.05, 3.63) is 29.8 Å². The summed E-state index contributed by atoms with van der Waals surface area (Å²) in [4.78, 5) is 20.2. The van der Waals surface area contributed by atoms with Gasteiger partial charge in [-0.2, -0.15) is 0 Å². The maximum Gasteiger partial charge on any atom is 0.243 e. The molecule has 1 aliphatic rings. The third-order valence-corrected chi connectivity index (χ3v) is 4.95. The molecule has 1 aromatic carbocycles. The van der Waals surface area contributed by atoms with Crippen LogP contribution in [0, 0.1) is 5.92 Å². The molecule has 1 aliphatic heterocycles. The Balaban J connectivity index is 1.93. The summed E-state index contributed by atoms with van der Waals surface area (Å²) in [6.07, 6.45) is 3.01. The van der Waals surface area contributed by atoms with E-state index in [9.17, 15) is 4.79 Å². The highest BCUT2D eigenvalue weighted by atomic mass is 16.5. The van der Waals surface area contributed by atoms with Gasteiger partial charge in [0.05, 0.1) is 7.11 Å². The Kier molecular flexibility index (Phi) is 9.07. The third kappa shape index (κ3) is 7.38. The Bertz CT molecular complexity index is 625. The SMILES string of the molecule is COc1ccc(CCNC(=NCC(=O)N(C)C)N(C)CC2CCOCC2)cc1. The molecule has 0 aliphatic carbocycles. The number of methoxy groups -OCH3 is 1. The van der Waals surface area contributed by atoms with Gasteiger partial charge < -0.3 is 24.6 Å². The standard InChI is InChI=1S/C21H34N4O3/c1-24(2)20(26)15-23-21(25(3)16-18-10-13-28-14-11-18)22-12-9-17-5-7-19(27-4)8-6-17/h5-8,18H,9-16H2,1-4H3,(H,22,23). The predicted octanol–water partition coefficient (Wildman–Crippen LogP) is 1.63. The molecule has 0 spiro atoms. The molecule has 2 rings (SSSR count). The number of nitrogens with zero attached hydrogens (tertiary/aromatic N) is 3. The van der Waals surface area contributed by atoms with Crippen molar-refractivity contribution in [1.29, 1.82) is 0 Å². The van der Waals surface area contributed by atoms with Crippen LogP contribution in [0.5, 0.6) is 5.75 Å². The van der Waals surface area contributed by atoms with Gasteiger partial charge in [-0.15, -0.1) is 0 Å². The summed E-state index contributed by atoms with van der Waals surface area (Å²) < 4.78 is 10.7. The average molecular weight is 391 g/mol. The topological polar surface area (TPSA) is 66.4 Å². The highest BCUT2D eigenvalue weighted by molar-refractivity contribution is 5.84. The van der Waals surface area contributed by atoms with Crippen molar-refractivity contribution in [3.8, 4) is 5.75 Å². The normalized spacial score (nSPS) is 15.2. The summed E-state index contributed by atoms with van der Waals surface area (Å²) in [5, 5.41) is 3.42. The molecule has 0 radical (unpaired) electrons. The van der Waals surface area contributed by atoms with Crippen LogP contribution in [-0.2, 0) is 16.0 Å². The quantitative estimate of drug-likeness (QED) is 0.540.